The second kappa shape index (κ2) is 5.09. The molecule has 0 aliphatic heterocycles. The molecule has 1 atom stereocenters. The summed E-state index contributed by atoms with van der Waals surface area (Å²) in [5.74, 6) is -1.74. The van der Waals surface area contributed by atoms with E-state index in [1.54, 1.807) is 4.68 Å². The van der Waals surface area contributed by atoms with Gasteiger partial charge in [-0.3, -0.25) is 4.68 Å². The molecule has 102 valence electrons. The van der Waals surface area contributed by atoms with Gasteiger partial charge in [-0.2, -0.15) is 5.10 Å². The number of benzene rings is 1. The number of nitrogens with two attached hydrogens (primary N) is 1. The van der Waals surface area contributed by atoms with Crippen molar-refractivity contribution in [3.8, 4) is 0 Å². The number of aromatic nitrogens is 2. The third-order valence-electron chi connectivity index (χ3n) is 3.48. The van der Waals surface area contributed by atoms with E-state index in [-0.39, 0.29) is 0 Å². The van der Waals surface area contributed by atoms with Gasteiger partial charge in [0.25, 0.3) is 0 Å². The van der Waals surface area contributed by atoms with E-state index in [2.05, 4.69) is 5.10 Å². The molecule has 0 spiro atoms. The van der Waals surface area contributed by atoms with Gasteiger partial charge in [-0.1, -0.05) is 6.07 Å². The highest BCUT2D eigenvalue weighted by atomic mass is 19.2. The van der Waals surface area contributed by atoms with Crippen LogP contribution in [0.5, 0.6) is 0 Å². The van der Waals surface area contributed by atoms with Gasteiger partial charge in [-0.15, -0.1) is 0 Å². The van der Waals surface area contributed by atoms with Crippen molar-refractivity contribution in [3.05, 3.63) is 52.3 Å². The van der Waals surface area contributed by atoms with Gasteiger partial charge in [-0.05, 0) is 44.0 Å². The number of nitrogens with zero attached hydrogens (tertiary/aromatic N) is 2. The van der Waals surface area contributed by atoms with E-state index in [0.29, 0.717) is 12.1 Å². The zero-order chi connectivity index (χ0) is 14.2. The average Bonchev–Trinajstić information content (AvgIpc) is 2.60. The van der Waals surface area contributed by atoms with Crippen LogP contribution in [0.4, 0.5) is 8.78 Å². The van der Waals surface area contributed by atoms with Crippen LogP contribution >= 0.6 is 0 Å². The van der Waals surface area contributed by atoms with E-state index in [9.17, 15) is 8.78 Å². The monoisotopic (exact) mass is 265 g/mol. The van der Waals surface area contributed by atoms with Crippen molar-refractivity contribution in [3.63, 3.8) is 0 Å². The zero-order valence-electron chi connectivity index (χ0n) is 11.2. The molecule has 1 aromatic carbocycles. The van der Waals surface area contributed by atoms with Crippen LogP contribution in [0.15, 0.2) is 18.2 Å². The van der Waals surface area contributed by atoms with Gasteiger partial charge in [0.2, 0.25) is 0 Å². The Morgan fingerprint density at radius 3 is 2.42 bits per heavy atom. The molecule has 2 aromatic rings. The van der Waals surface area contributed by atoms with Crippen molar-refractivity contribution < 1.29 is 8.78 Å². The summed E-state index contributed by atoms with van der Waals surface area (Å²) in [6.07, 6.45) is 0. The summed E-state index contributed by atoms with van der Waals surface area (Å²) >= 11 is 0. The average molecular weight is 265 g/mol. The third-order valence-corrected chi connectivity index (χ3v) is 3.48. The van der Waals surface area contributed by atoms with Crippen molar-refractivity contribution in [2.75, 3.05) is 0 Å². The van der Waals surface area contributed by atoms with Gasteiger partial charge in [0, 0.05) is 11.7 Å². The Kier molecular flexibility index (Phi) is 3.66. The maximum atomic E-state index is 13.2. The molecule has 3 nitrogen and oxygen atoms in total. The molecule has 0 radical (unpaired) electrons. The van der Waals surface area contributed by atoms with Crippen molar-refractivity contribution in [2.45, 2.75) is 33.4 Å². The zero-order valence-corrected chi connectivity index (χ0v) is 11.2. The van der Waals surface area contributed by atoms with E-state index in [0.717, 1.165) is 29.1 Å². The van der Waals surface area contributed by atoms with Crippen molar-refractivity contribution in [1.82, 2.24) is 9.78 Å². The first-order chi connectivity index (χ1) is 8.90. The van der Waals surface area contributed by atoms with Crippen LogP contribution in [-0.2, 0) is 6.54 Å². The molecule has 1 aromatic heterocycles. The quantitative estimate of drug-likeness (QED) is 0.927. The van der Waals surface area contributed by atoms with Gasteiger partial charge in [-0.25, -0.2) is 8.78 Å². The SMILES string of the molecule is Cc1nn(CC(N)c2ccc(F)c(F)c2)c(C)c1C. The molecule has 2 N–H and O–H groups in total. The van der Waals surface area contributed by atoms with Gasteiger partial charge in [0.1, 0.15) is 0 Å². The molecule has 0 aliphatic carbocycles. The topological polar surface area (TPSA) is 43.8 Å². The molecule has 1 unspecified atom stereocenters. The fourth-order valence-electron chi connectivity index (χ4n) is 2.00. The van der Waals surface area contributed by atoms with E-state index >= 15 is 0 Å². The minimum Gasteiger partial charge on any atom is -0.322 e. The summed E-state index contributed by atoms with van der Waals surface area (Å²) in [5.41, 5.74) is 9.70. The number of rotatable bonds is 3. The number of halogens is 2. The molecular formula is C14H17F2N3. The number of hydrogen-bond acceptors (Lipinski definition) is 2. The van der Waals surface area contributed by atoms with Crippen LogP contribution in [0.1, 0.15) is 28.6 Å². The Bertz CT molecular complexity index is 605. The van der Waals surface area contributed by atoms with Crippen LogP contribution in [0.3, 0.4) is 0 Å². The fraction of sp³-hybridized carbons (Fsp3) is 0.357. The molecule has 0 aliphatic rings. The molecule has 0 amide bonds. The standard InChI is InChI=1S/C14H17F2N3/c1-8-9(2)18-19(10(8)3)7-14(17)11-4-5-12(15)13(16)6-11/h4-6,14H,7,17H2,1-3H3. The predicted octanol–water partition coefficient (Wildman–Crippen LogP) is 2.79. The predicted molar refractivity (Wildman–Crippen MR) is 69.7 cm³/mol. The molecule has 0 saturated heterocycles. The highest BCUT2D eigenvalue weighted by Crippen LogP contribution is 2.18. The van der Waals surface area contributed by atoms with Crippen LogP contribution < -0.4 is 5.73 Å². The first kappa shape index (κ1) is 13.7. The maximum absolute atomic E-state index is 13.2. The fourth-order valence-corrected chi connectivity index (χ4v) is 2.00. The van der Waals surface area contributed by atoms with Crippen LogP contribution in [0.2, 0.25) is 0 Å². The van der Waals surface area contributed by atoms with Crippen LogP contribution in [0.25, 0.3) is 0 Å². The third kappa shape index (κ3) is 2.66. The first-order valence-electron chi connectivity index (χ1n) is 6.11. The second-order valence-corrected chi connectivity index (χ2v) is 4.76. The lowest BCUT2D eigenvalue weighted by molar-refractivity contribution is 0.491. The van der Waals surface area contributed by atoms with E-state index < -0.39 is 17.7 Å². The van der Waals surface area contributed by atoms with Crippen molar-refractivity contribution in [1.29, 1.82) is 0 Å². The minimum atomic E-state index is -0.877. The summed E-state index contributed by atoms with van der Waals surface area (Å²) in [6, 6.07) is 3.31. The van der Waals surface area contributed by atoms with Crippen molar-refractivity contribution in [2.24, 2.45) is 5.73 Å². The molecule has 0 bridgehead atoms. The molecule has 5 heteroatoms. The summed E-state index contributed by atoms with van der Waals surface area (Å²) < 4.78 is 27.9. The summed E-state index contributed by atoms with van der Waals surface area (Å²) in [5, 5.41) is 4.38. The first-order valence-corrected chi connectivity index (χ1v) is 6.11. The normalized spacial score (nSPS) is 12.7. The Morgan fingerprint density at radius 2 is 1.89 bits per heavy atom. The Balaban J connectivity index is 2.22. The second-order valence-electron chi connectivity index (χ2n) is 4.76. The Morgan fingerprint density at radius 1 is 1.21 bits per heavy atom. The summed E-state index contributed by atoms with van der Waals surface area (Å²) in [7, 11) is 0. The lowest BCUT2D eigenvalue weighted by Crippen LogP contribution is -2.19. The maximum Gasteiger partial charge on any atom is 0.159 e. The molecule has 0 saturated carbocycles. The molecule has 19 heavy (non-hydrogen) atoms. The lowest BCUT2D eigenvalue weighted by atomic mass is 10.1. The van der Waals surface area contributed by atoms with E-state index in [1.807, 2.05) is 20.8 Å². The Labute approximate surface area is 111 Å². The molecular weight excluding hydrogens is 248 g/mol. The highest BCUT2D eigenvalue weighted by Gasteiger charge is 2.14. The number of hydrogen-bond donors (Lipinski definition) is 1. The lowest BCUT2D eigenvalue weighted by Gasteiger charge is -2.14. The van der Waals surface area contributed by atoms with Crippen LogP contribution in [0, 0.1) is 32.4 Å². The largest absolute Gasteiger partial charge is 0.322 e. The van der Waals surface area contributed by atoms with E-state index in [1.165, 1.54) is 6.07 Å². The number of aryl methyl sites for hydroxylation is 1. The minimum absolute atomic E-state index is 0.424. The van der Waals surface area contributed by atoms with E-state index in [4.69, 9.17) is 5.73 Å². The van der Waals surface area contributed by atoms with Gasteiger partial charge in [0.05, 0.1) is 12.2 Å². The summed E-state index contributed by atoms with van der Waals surface area (Å²) in [6.45, 7) is 6.33. The molecule has 0 fully saturated rings. The van der Waals surface area contributed by atoms with Crippen LogP contribution in [-0.4, -0.2) is 9.78 Å². The smallest absolute Gasteiger partial charge is 0.159 e. The van der Waals surface area contributed by atoms with Gasteiger partial charge >= 0.3 is 0 Å². The molecule has 1 heterocycles. The summed E-state index contributed by atoms with van der Waals surface area (Å²) in [4.78, 5) is 0. The van der Waals surface area contributed by atoms with Gasteiger partial charge < -0.3 is 5.73 Å². The highest BCUT2D eigenvalue weighted by molar-refractivity contribution is 5.24. The van der Waals surface area contributed by atoms with Crippen molar-refractivity contribution >= 4 is 0 Å². The molecule has 2 rings (SSSR count). The van der Waals surface area contributed by atoms with Gasteiger partial charge in [0.15, 0.2) is 11.6 Å². The Hall–Kier alpha value is -1.75.